The van der Waals surface area contributed by atoms with Gasteiger partial charge in [0.25, 0.3) is 0 Å². The summed E-state index contributed by atoms with van der Waals surface area (Å²) in [5.74, 6) is 0.304. The van der Waals surface area contributed by atoms with Crippen molar-refractivity contribution in [2.45, 2.75) is 19.9 Å². The van der Waals surface area contributed by atoms with Crippen molar-refractivity contribution in [3.8, 4) is 0 Å². The molecule has 70 valence electrons. The summed E-state index contributed by atoms with van der Waals surface area (Å²) >= 11 is 5.55. The predicted molar refractivity (Wildman–Crippen MR) is 51.1 cm³/mol. The van der Waals surface area contributed by atoms with Crippen LogP contribution in [0.4, 0.5) is 11.5 Å². The van der Waals surface area contributed by atoms with Crippen LogP contribution in [0.2, 0.25) is 5.15 Å². The summed E-state index contributed by atoms with van der Waals surface area (Å²) in [6, 6.07) is 1.60. The lowest BCUT2D eigenvalue weighted by molar-refractivity contribution is 0.772. The second-order valence-corrected chi connectivity index (χ2v) is 3.14. The number of nitrogen functional groups attached to an aromatic ring is 1. The van der Waals surface area contributed by atoms with Gasteiger partial charge in [-0.3, -0.25) is 0 Å². The fourth-order valence-electron chi connectivity index (χ4n) is 0.622. The van der Waals surface area contributed by atoms with Crippen molar-refractivity contribution in [2.24, 2.45) is 10.2 Å². The average Bonchev–Trinajstić information content (AvgIpc) is 2.02. The van der Waals surface area contributed by atoms with Gasteiger partial charge in [0.1, 0.15) is 0 Å². The highest BCUT2D eigenvalue weighted by molar-refractivity contribution is 6.29. The highest BCUT2D eigenvalue weighted by Crippen LogP contribution is 2.20. The summed E-state index contributed by atoms with van der Waals surface area (Å²) in [5.41, 5.74) is 5.95. The standard InChI is InChI=1S/C7H10ClN5/c1-4(2)10-12-7-5(9)3-6(8)11-13-7/h3-4H,1-2H3,(H2,9,11). The number of azo groups is 1. The predicted octanol–water partition coefficient (Wildman–Crippen LogP) is 2.20. The van der Waals surface area contributed by atoms with E-state index in [1.165, 1.54) is 6.07 Å². The molecule has 0 spiro atoms. The van der Waals surface area contributed by atoms with Gasteiger partial charge >= 0.3 is 0 Å². The summed E-state index contributed by atoms with van der Waals surface area (Å²) in [4.78, 5) is 0. The number of anilines is 1. The molecule has 0 saturated carbocycles. The number of aromatic nitrogens is 2. The first-order chi connectivity index (χ1) is 6.09. The van der Waals surface area contributed by atoms with Crippen LogP contribution in [0.15, 0.2) is 16.3 Å². The molecule has 1 heterocycles. The van der Waals surface area contributed by atoms with Gasteiger partial charge in [-0.25, -0.2) is 0 Å². The van der Waals surface area contributed by atoms with Crippen LogP contribution < -0.4 is 5.73 Å². The summed E-state index contributed by atoms with van der Waals surface area (Å²) in [6.07, 6.45) is 0. The topological polar surface area (TPSA) is 76.5 Å². The second-order valence-electron chi connectivity index (χ2n) is 2.76. The van der Waals surface area contributed by atoms with Gasteiger partial charge in [-0.05, 0) is 13.8 Å². The molecule has 13 heavy (non-hydrogen) atoms. The molecule has 0 aliphatic carbocycles. The molecule has 0 saturated heterocycles. The zero-order valence-electron chi connectivity index (χ0n) is 7.40. The van der Waals surface area contributed by atoms with Gasteiger partial charge in [0.2, 0.25) is 5.82 Å². The van der Waals surface area contributed by atoms with Gasteiger partial charge in [0.15, 0.2) is 5.15 Å². The molecule has 0 aliphatic rings. The summed E-state index contributed by atoms with van der Waals surface area (Å²) in [6.45, 7) is 3.81. The van der Waals surface area contributed by atoms with Gasteiger partial charge in [-0.15, -0.1) is 15.3 Å². The number of nitrogens with zero attached hydrogens (tertiary/aromatic N) is 4. The molecular formula is C7H10ClN5. The summed E-state index contributed by atoms with van der Waals surface area (Å²) < 4.78 is 0. The van der Waals surface area contributed by atoms with E-state index in [0.717, 1.165) is 0 Å². The molecule has 0 aromatic carbocycles. The van der Waals surface area contributed by atoms with E-state index in [9.17, 15) is 0 Å². The van der Waals surface area contributed by atoms with Gasteiger partial charge in [-0.2, -0.15) is 5.11 Å². The van der Waals surface area contributed by atoms with Gasteiger partial charge in [-0.1, -0.05) is 11.6 Å². The van der Waals surface area contributed by atoms with Crippen molar-refractivity contribution in [1.29, 1.82) is 0 Å². The maximum atomic E-state index is 5.57. The first-order valence-electron chi connectivity index (χ1n) is 3.79. The fraction of sp³-hybridized carbons (Fsp3) is 0.429. The van der Waals surface area contributed by atoms with Gasteiger partial charge in [0, 0.05) is 6.07 Å². The Balaban J connectivity index is 2.90. The molecule has 0 amide bonds. The number of halogens is 1. The number of rotatable bonds is 2. The Bertz CT molecular complexity index is 323. The Kier molecular flexibility index (Phi) is 3.13. The zero-order chi connectivity index (χ0) is 9.84. The van der Waals surface area contributed by atoms with Crippen LogP contribution in [0, 0.1) is 0 Å². The first kappa shape index (κ1) is 9.85. The first-order valence-corrected chi connectivity index (χ1v) is 4.17. The Morgan fingerprint density at radius 2 is 2.15 bits per heavy atom. The molecule has 0 atom stereocenters. The van der Waals surface area contributed by atoms with E-state index in [1.807, 2.05) is 13.8 Å². The third-order valence-corrected chi connectivity index (χ3v) is 1.34. The van der Waals surface area contributed by atoms with Crippen molar-refractivity contribution < 1.29 is 0 Å². The monoisotopic (exact) mass is 199 g/mol. The Labute approximate surface area is 81.0 Å². The SMILES string of the molecule is CC(C)N=Nc1nnc(Cl)cc1N. The molecule has 0 fully saturated rings. The molecule has 2 N–H and O–H groups in total. The molecule has 5 nitrogen and oxygen atoms in total. The molecule has 1 aromatic heterocycles. The zero-order valence-corrected chi connectivity index (χ0v) is 8.15. The third kappa shape index (κ3) is 2.95. The minimum absolute atomic E-state index is 0.108. The van der Waals surface area contributed by atoms with Crippen molar-refractivity contribution >= 4 is 23.1 Å². The van der Waals surface area contributed by atoms with E-state index >= 15 is 0 Å². The maximum absolute atomic E-state index is 5.57. The van der Waals surface area contributed by atoms with Crippen LogP contribution in [-0.4, -0.2) is 16.2 Å². The third-order valence-electron chi connectivity index (χ3n) is 1.16. The van der Waals surface area contributed by atoms with Crippen LogP contribution in [0.5, 0.6) is 0 Å². The fourth-order valence-corrected chi connectivity index (χ4v) is 0.778. The normalized spacial score (nSPS) is 11.4. The van der Waals surface area contributed by atoms with E-state index in [2.05, 4.69) is 20.4 Å². The van der Waals surface area contributed by atoms with Crippen molar-refractivity contribution in [3.05, 3.63) is 11.2 Å². The second kappa shape index (κ2) is 4.13. The Morgan fingerprint density at radius 1 is 1.46 bits per heavy atom. The van der Waals surface area contributed by atoms with Crippen LogP contribution in [-0.2, 0) is 0 Å². The Morgan fingerprint density at radius 3 is 2.69 bits per heavy atom. The van der Waals surface area contributed by atoms with E-state index in [1.54, 1.807) is 0 Å². The van der Waals surface area contributed by atoms with E-state index in [4.69, 9.17) is 17.3 Å². The van der Waals surface area contributed by atoms with Crippen LogP contribution in [0.3, 0.4) is 0 Å². The van der Waals surface area contributed by atoms with Crippen molar-refractivity contribution in [3.63, 3.8) is 0 Å². The molecule has 0 unspecified atom stereocenters. The van der Waals surface area contributed by atoms with E-state index < -0.39 is 0 Å². The lowest BCUT2D eigenvalue weighted by Crippen LogP contribution is -1.92. The van der Waals surface area contributed by atoms with Crippen LogP contribution in [0.25, 0.3) is 0 Å². The maximum Gasteiger partial charge on any atom is 0.218 e. The van der Waals surface area contributed by atoms with Gasteiger partial charge in [0.05, 0.1) is 11.7 Å². The number of hydrogen-bond acceptors (Lipinski definition) is 5. The number of hydrogen-bond donors (Lipinski definition) is 1. The molecule has 0 aliphatic heterocycles. The largest absolute Gasteiger partial charge is 0.395 e. The summed E-state index contributed by atoms with van der Waals surface area (Å²) in [7, 11) is 0. The number of nitrogens with two attached hydrogens (primary N) is 1. The molecular weight excluding hydrogens is 190 g/mol. The van der Waals surface area contributed by atoms with Crippen LogP contribution >= 0.6 is 11.6 Å². The molecule has 6 heteroatoms. The smallest absolute Gasteiger partial charge is 0.218 e. The van der Waals surface area contributed by atoms with Crippen LogP contribution in [0.1, 0.15) is 13.8 Å². The Hall–Kier alpha value is -1.23. The molecule has 1 aromatic rings. The molecule has 1 rings (SSSR count). The van der Waals surface area contributed by atoms with Crippen molar-refractivity contribution in [1.82, 2.24) is 10.2 Å². The molecule has 0 radical (unpaired) electrons. The minimum Gasteiger partial charge on any atom is -0.395 e. The average molecular weight is 200 g/mol. The van der Waals surface area contributed by atoms with Crippen molar-refractivity contribution in [2.75, 3.05) is 5.73 Å². The highest BCUT2D eigenvalue weighted by atomic mass is 35.5. The molecule has 0 bridgehead atoms. The van der Waals surface area contributed by atoms with E-state index in [-0.39, 0.29) is 11.2 Å². The lowest BCUT2D eigenvalue weighted by atomic mass is 10.4. The van der Waals surface area contributed by atoms with E-state index in [0.29, 0.717) is 11.5 Å². The quantitative estimate of drug-likeness (QED) is 0.742. The lowest BCUT2D eigenvalue weighted by Gasteiger charge is -1.97. The minimum atomic E-state index is 0.108. The van der Waals surface area contributed by atoms with Gasteiger partial charge < -0.3 is 5.73 Å². The summed E-state index contributed by atoms with van der Waals surface area (Å²) in [5, 5.41) is 15.2. The highest BCUT2D eigenvalue weighted by Gasteiger charge is 2.01.